The smallest absolute Gasteiger partial charge is 0.273 e. The van der Waals surface area contributed by atoms with Crippen molar-refractivity contribution in [2.24, 2.45) is 5.92 Å². The van der Waals surface area contributed by atoms with E-state index in [0.29, 0.717) is 6.04 Å². The number of rotatable bonds is 3. The second-order valence-corrected chi connectivity index (χ2v) is 5.43. The van der Waals surface area contributed by atoms with Crippen molar-refractivity contribution >= 4 is 11.3 Å². The maximum atomic E-state index is 5.72. The van der Waals surface area contributed by atoms with Crippen molar-refractivity contribution in [1.29, 1.82) is 0 Å². The molecule has 0 unspecified atom stereocenters. The van der Waals surface area contributed by atoms with Gasteiger partial charge >= 0.3 is 0 Å². The molecular weight excluding hydrogens is 208 g/mol. The van der Waals surface area contributed by atoms with Crippen LogP contribution in [0.5, 0.6) is 5.19 Å². The fourth-order valence-electron chi connectivity index (χ4n) is 3.01. The number of hydrogen-bond donors (Lipinski definition) is 0. The molecule has 1 saturated carbocycles. The molecule has 1 aliphatic heterocycles. The Labute approximate surface area is 94.1 Å². The average Bonchev–Trinajstić information content (AvgIpc) is 2.92. The van der Waals surface area contributed by atoms with Crippen LogP contribution in [0.3, 0.4) is 0 Å². The molecule has 2 aliphatic rings. The van der Waals surface area contributed by atoms with Gasteiger partial charge in [0.05, 0.1) is 0 Å². The molecule has 1 aromatic heterocycles. The van der Waals surface area contributed by atoms with Crippen molar-refractivity contribution in [2.45, 2.75) is 31.3 Å². The number of thiazole rings is 1. The Kier molecular flexibility index (Phi) is 2.41. The Balaban J connectivity index is 1.60. The van der Waals surface area contributed by atoms with Gasteiger partial charge in [-0.1, -0.05) is 11.3 Å². The maximum Gasteiger partial charge on any atom is 0.273 e. The summed E-state index contributed by atoms with van der Waals surface area (Å²) in [6.45, 7) is 0.811. The minimum Gasteiger partial charge on any atom is -0.468 e. The van der Waals surface area contributed by atoms with Gasteiger partial charge in [0, 0.05) is 23.7 Å². The number of fused-ring (bicyclic) bond motifs is 2. The lowest BCUT2D eigenvalue weighted by Crippen LogP contribution is -2.41. The molecule has 3 nitrogen and oxygen atoms in total. The van der Waals surface area contributed by atoms with E-state index >= 15 is 0 Å². The van der Waals surface area contributed by atoms with E-state index in [9.17, 15) is 0 Å². The van der Waals surface area contributed by atoms with E-state index in [1.165, 1.54) is 19.3 Å². The maximum absolute atomic E-state index is 5.72. The van der Waals surface area contributed by atoms with Gasteiger partial charge in [-0.25, -0.2) is 4.98 Å². The number of nitrogens with zero attached hydrogens (tertiary/aromatic N) is 2. The largest absolute Gasteiger partial charge is 0.468 e. The number of likely N-dealkylation sites (tertiary alicyclic amines) is 1. The van der Waals surface area contributed by atoms with E-state index in [1.54, 1.807) is 17.5 Å². The first-order chi connectivity index (χ1) is 7.34. The molecule has 0 amide bonds. The molecule has 2 heterocycles. The highest BCUT2D eigenvalue weighted by Crippen LogP contribution is 2.41. The first-order valence-electron chi connectivity index (χ1n) is 5.59. The van der Waals surface area contributed by atoms with E-state index in [1.807, 2.05) is 5.38 Å². The Morgan fingerprint density at radius 3 is 3.20 bits per heavy atom. The zero-order valence-electron chi connectivity index (χ0n) is 8.93. The summed E-state index contributed by atoms with van der Waals surface area (Å²) >= 11 is 1.58. The van der Waals surface area contributed by atoms with E-state index in [4.69, 9.17) is 4.74 Å². The number of likely N-dealkylation sites (N-methyl/N-ethyl adjacent to an activating group) is 1. The van der Waals surface area contributed by atoms with Crippen molar-refractivity contribution in [3.8, 4) is 5.19 Å². The molecule has 0 spiro atoms. The van der Waals surface area contributed by atoms with Crippen molar-refractivity contribution in [3.05, 3.63) is 11.6 Å². The van der Waals surface area contributed by atoms with E-state index < -0.39 is 0 Å². The first-order valence-corrected chi connectivity index (χ1v) is 6.47. The highest BCUT2D eigenvalue weighted by Gasteiger charge is 2.43. The van der Waals surface area contributed by atoms with Gasteiger partial charge in [0.2, 0.25) is 0 Å². The molecular formula is C11H16N2OS. The predicted molar refractivity (Wildman–Crippen MR) is 60.3 cm³/mol. The second kappa shape index (κ2) is 3.76. The Hall–Kier alpha value is -0.610. The summed E-state index contributed by atoms with van der Waals surface area (Å²) in [5.41, 5.74) is 0. The van der Waals surface area contributed by atoms with Crippen LogP contribution in [0.1, 0.15) is 19.3 Å². The Morgan fingerprint density at radius 1 is 1.60 bits per heavy atom. The molecule has 0 N–H and O–H groups in total. The van der Waals surface area contributed by atoms with Gasteiger partial charge in [-0.2, -0.15) is 0 Å². The molecule has 4 heteroatoms. The van der Waals surface area contributed by atoms with Gasteiger partial charge in [-0.3, -0.25) is 4.90 Å². The number of aromatic nitrogens is 1. The highest BCUT2D eigenvalue weighted by molar-refractivity contribution is 7.11. The fraction of sp³-hybridized carbons (Fsp3) is 0.727. The standard InChI is InChI=1S/C11H16N2OS/c1-13-9-3-2-8(6-9)10(13)7-14-11-12-4-5-15-11/h4-5,8-10H,2-3,6-7H2,1H3/t8-,9+,10-/m1/s1. The summed E-state index contributed by atoms with van der Waals surface area (Å²) in [6.07, 6.45) is 5.95. The summed E-state index contributed by atoms with van der Waals surface area (Å²) in [5, 5.41) is 2.77. The third-order valence-corrected chi connectivity index (χ3v) is 4.56. The molecule has 3 atom stereocenters. The molecule has 82 valence electrons. The van der Waals surface area contributed by atoms with Crippen LogP contribution in [0, 0.1) is 5.92 Å². The first kappa shape index (κ1) is 9.60. The van der Waals surface area contributed by atoms with Crippen LogP contribution in [0.2, 0.25) is 0 Å². The van der Waals surface area contributed by atoms with Gasteiger partial charge < -0.3 is 4.74 Å². The van der Waals surface area contributed by atoms with Crippen LogP contribution in [0.25, 0.3) is 0 Å². The van der Waals surface area contributed by atoms with Crippen LogP contribution < -0.4 is 4.74 Å². The summed E-state index contributed by atoms with van der Waals surface area (Å²) in [6, 6.07) is 1.44. The van der Waals surface area contributed by atoms with Gasteiger partial charge in [0.25, 0.3) is 5.19 Å². The number of piperidine rings is 1. The predicted octanol–water partition coefficient (Wildman–Crippen LogP) is 2.00. The third-order valence-electron chi connectivity index (χ3n) is 3.88. The molecule has 15 heavy (non-hydrogen) atoms. The average molecular weight is 224 g/mol. The normalized spacial score (nSPS) is 34.9. The Bertz CT molecular complexity index is 325. The van der Waals surface area contributed by atoms with Gasteiger partial charge in [0.1, 0.15) is 6.61 Å². The molecule has 1 aromatic rings. The number of hydrogen-bond acceptors (Lipinski definition) is 4. The summed E-state index contributed by atoms with van der Waals surface area (Å²) < 4.78 is 5.72. The zero-order valence-corrected chi connectivity index (χ0v) is 9.74. The molecule has 0 radical (unpaired) electrons. The molecule has 3 rings (SSSR count). The van der Waals surface area contributed by atoms with Crippen molar-refractivity contribution in [3.63, 3.8) is 0 Å². The lowest BCUT2D eigenvalue weighted by atomic mass is 10.00. The summed E-state index contributed by atoms with van der Waals surface area (Å²) in [7, 11) is 2.24. The molecule has 1 aliphatic carbocycles. The van der Waals surface area contributed by atoms with Crippen molar-refractivity contribution in [1.82, 2.24) is 9.88 Å². The third kappa shape index (κ3) is 1.66. The van der Waals surface area contributed by atoms with Crippen molar-refractivity contribution in [2.75, 3.05) is 13.7 Å². The molecule has 2 bridgehead atoms. The van der Waals surface area contributed by atoms with Crippen LogP contribution in [-0.2, 0) is 0 Å². The van der Waals surface area contributed by atoms with Gasteiger partial charge in [0.15, 0.2) is 0 Å². The van der Waals surface area contributed by atoms with E-state index in [0.717, 1.165) is 23.8 Å². The van der Waals surface area contributed by atoms with Gasteiger partial charge in [-0.15, -0.1) is 0 Å². The van der Waals surface area contributed by atoms with Crippen LogP contribution in [-0.4, -0.2) is 35.6 Å². The van der Waals surface area contributed by atoms with Crippen molar-refractivity contribution < 1.29 is 4.74 Å². The summed E-state index contributed by atoms with van der Waals surface area (Å²) in [4.78, 5) is 6.64. The summed E-state index contributed by atoms with van der Waals surface area (Å²) in [5.74, 6) is 0.861. The SMILES string of the molecule is CN1[C@H]2CC[C@H](C2)[C@H]1COc1nccs1. The quantitative estimate of drug-likeness (QED) is 0.785. The lowest BCUT2D eigenvalue weighted by Gasteiger charge is -2.31. The highest BCUT2D eigenvalue weighted by atomic mass is 32.1. The lowest BCUT2D eigenvalue weighted by molar-refractivity contribution is 0.118. The minimum atomic E-state index is 0.618. The molecule has 1 saturated heterocycles. The topological polar surface area (TPSA) is 25.4 Å². The second-order valence-electron chi connectivity index (χ2n) is 4.57. The molecule has 0 aromatic carbocycles. The fourth-order valence-corrected chi connectivity index (χ4v) is 3.50. The number of ether oxygens (including phenoxy) is 1. The van der Waals surface area contributed by atoms with E-state index in [2.05, 4.69) is 16.9 Å². The van der Waals surface area contributed by atoms with Crippen LogP contribution in [0.15, 0.2) is 11.6 Å². The Morgan fingerprint density at radius 2 is 2.53 bits per heavy atom. The van der Waals surface area contributed by atoms with Crippen LogP contribution in [0.4, 0.5) is 0 Å². The van der Waals surface area contributed by atoms with Gasteiger partial charge in [-0.05, 0) is 32.2 Å². The minimum absolute atomic E-state index is 0.618. The van der Waals surface area contributed by atoms with Crippen LogP contribution >= 0.6 is 11.3 Å². The monoisotopic (exact) mass is 224 g/mol. The molecule has 2 fully saturated rings. The van der Waals surface area contributed by atoms with E-state index in [-0.39, 0.29) is 0 Å². The zero-order chi connectivity index (χ0) is 10.3.